The minimum Gasteiger partial charge on any atom is -0.493 e. The van der Waals surface area contributed by atoms with Gasteiger partial charge >= 0.3 is 0 Å². The zero-order valence-corrected chi connectivity index (χ0v) is 11.2. The molecule has 1 saturated carbocycles. The van der Waals surface area contributed by atoms with Crippen LogP contribution in [-0.4, -0.2) is 23.4 Å². The lowest BCUT2D eigenvalue weighted by molar-refractivity contribution is 0.322. The Balaban J connectivity index is 2.26. The Morgan fingerprint density at radius 2 is 2.29 bits per heavy atom. The van der Waals surface area contributed by atoms with Crippen LogP contribution >= 0.6 is 0 Å². The van der Waals surface area contributed by atoms with E-state index in [1.165, 1.54) is 18.5 Å². The van der Waals surface area contributed by atoms with E-state index in [0.29, 0.717) is 12.0 Å². The molecule has 0 aliphatic heterocycles. The van der Waals surface area contributed by atoms with Crippen molar-refractivity contribution >= 4 is 0 Å². The predicted octanol–water partition coefficient (Wildman–Crippen LogP) is 2.13. The summed E-state index contributed by atoms with van der Waals surface area (Å²) < 4.78 is 7.36. The van der Waals surface area contributed by atoms with Crippen molar-refractivity contribution in [3.05, 3.63) is 11.9 Å². The van der Waals surface area contributed by atoms with Crippen LogP contribution in [-0.2, 0) is 7.05 Å². The lowest BCUT2D eigenvalue weighted by atomic mass is 9.93. The van der Waals surface area contributed by atoms with E-state index in [1.807, 2.05) is 11.7 Å². The molecule has 1 heterocycles. The minimum absolute atomic E-state index is 0.343. The van der Waals surface area contributed by atoms with Gasteiger partial charge in [-0.2, -0.15) is 5.10 Å². The standard InChI is InChI=1S/C13H23N3O/c1-5-14-12(9(2)10-6-7-10)13-11(17-4)8-15-16(13)3/h8-10,12,14H,5-7H2,1-4H3. The minimum atomic E-state index is 0.343. The molecule has 1 aliphatic carbocycles. The van der Waals surface area contributed by atoms with Crippen LogP contribution in [0.5, 0.6) is 5.75 Å². The first-order valence-corrected chi connectivity index (χ1v) is 6.48. The third-order valence-electron chi connectivity index (χ3n) is 3.78. The van der Waals surface area contributed by atoms with Crippen LogP contribution < -0.4 is 10.1 Å². The van der Waals surface area contributed by atoms with Crippen molar-refractivity contribution < 1.29 is 4.74 Å². The quantitative estimate of drug-likeness (QED) is 0.823. The maximum absolute atomic E-state index is 5.42. The summed E-state index contributed by atoms with van der Waals surface area (Å²) in [6.07, 6.45) is 4.53. The molecule has 0 amide bonds. The van der Waals surface area contributed by atoms with Gasteiger partial charge in [0, 0.05) is 7.05 Å². The van der Waals surface area contributed by atoms with Gasteiger partial charge in [-0.15, -0.1) is 0 Å². The molecule has 0 saturated heterocycles. The summed E-state index contributed by atoms with van der Waals surface area (Å²) >= 11 is 0. The third kappa shape index (κ3) is 2.46. The predicted molar refractivity (Wildman–Crippen MR) is 68.1 cm³/mol. The molecule has 0 aromatic carbocycles. The van der Waals surface area contributed by atoms with Gasteiger partial charge in [0.1, 0.15) is 0 Å². The molecule has 17 heavy (non-hydrogen) atoms. The molecule has 0 spiro atoms. The summed E-state index contributed by atoms with van der Waals surface area (Å²) in [5.74, 6) is 2.39. The second-order valence-corrected chi connectivity index (χ2v) is 4.95. The Bertz CT molecular complexity index is 371. The third-order valence-corrected chi connectivity index (χ3v) is 3.78. The Morgan fingerprint density at radius 3 is 2.82 bits per heavy atom. The summed E-state index contributed by atoms with van der Waals surface area (Å²) in [5.41, 5.74) is 1.17. The molecule has 2 rings (SSSR count). The Hall–Kier alpha value is -1.03. The first-order chi connectivity index (χ1) is 8.19. The van der Waals surface area contributed by atoms with Gasteiger partial charge in [0.2, 0.25) is 0 Å². The topological polar surface area (TPSA) is 39.1 Å². The van der Waals surface area contributed by atoms with Crippen LogP contribution in [0.1, 0.15) is 38.4 Å². The number of hydrogen-bond acceptors (Lipinski definition) is 3. The van der Waals surface area contributed by atoms with E-state index in [9.17, 15) is 0 Å². The number of nitrogens with zero attached hydrogens (tertiary/aromatic N) is 2. The molecule has 1 fully saturated rings. The van der Waals surface area contributed by atoms with Gasteiger partial charge in [0.05, 0.1) is 25.0 Å². The van der Waals surface area contributed by atoms with Gasteiger partial charge in [0.15, 0.2) is 5.75 Å². The maximum atomic E-state index is 5.42. The number of rotatable bonds is 6. The summed E-state index contributed by atoms with van der Waals surface area (Å²) in [7, 11) is 3.70. The van der Waals surface area contributed by atoms with Crippen molar-refractivity contribution in [1.29, 1.82) is 0 Å². The van der Waals surface area contributed by atoms with Gasteiger partial charge in [-0.1, -0.05) is 13.8 Å². The van der Waals surface area contributed by atoms with Crippen LogP contribution in [0.25, 0.3) is 0 Å². The summed E-state index contributed by atoms with van der Waals surface area (Å²) in [5, 5.41) is 7.89. The zero-order chi connectivity index (χ0) is 12.4. The van der Waals surface area contributed by atoms with Crippen LogP contribution in [0.4, 0.5) is 0 Å². The van der Waals surface area contributed by atoms with Crippen LogP contribution in [0.15, 0.2) is 6.20 Å². The molecular formula is C13H23N3O. The fraction of sp³-hybridized carbons (Fsp3) is 0.769. The van der Waals surface area contributed by atoms with Gasteiger partial charge in [-0.05, 0) is 31.2 Å². The first kappa shape index (κ1) is 12.4. The molecule has 1 N–H and O–H groups in total. The van der Waals surface area contributed by atoms with Crippen molar-refractivity contribution in [2.75, 3.05) is 13.7 Å². The molecular weight excluding hydrogens is 214 g/mol. The Kier molecular flexibility index (Phi) is 3.72. The molecule has 1 aliphatic rings. The molecule has 4 heteroatoms. The van der Waals surface area contributed by atoms with E-state index in [2.05, 4.69) is 24.3 Å². The first-order valence-electron chi connectivity index (χ1n) is 6.48. The lowest BCUT2D eigenvalue weighted by Gasteiger charge is -2.25. The summed E-state index contributed by atoms with van der Waals surface area (Å²) in [4.78, 5) is 0. The Labute approximate surface area is 103 Å². The van der Waals surface area contributed by atoms with E-state index in [4.69, 9.17) is 4.74 Å². The van der Waals surface area contributed by atoms with Gasteiger partial charge in [0.25, 0.3) is 0 Å². The van der Waals surface area contributed by atoms with E-state index in [-0.39, 0.29) is 0 Å². The molecule has 2 unspecified atom stereocenters. The zero-order valence-electron chi connectivity index (χ0n) is 11.2. The Morgan fingerprint density at radius 1 is 1.59 bits per heavy atom. The number of nitrogens with one attached hydrogen (secondary N) is 1. The molecule has 0 bridgehead atoms. The molecule has 1 aromatic rings. The van der Waals surface area contributed by atoms with E-state index >= 15 is 0 Å². The average Bonchev–Trinajstić information content (AvgIpc) is 3.10. The van der Waals surface area contributed by atoms with E-state index in [1.54, 1.807) is 13.3 Å². The number of aromatic nitrogens is 2. The van der Waals surface area contributed by atoms with Crippen molar-refractivity contribution in [1.82, 2.24) is 15.1 Å². The van der Waals surface area contributed by atoms with Crippen molar-refractivity contribution in [3.8, 4) is 5.75 Å². The van der Waals surface area contributed by atoms with Crippen molar-refractivity contribution in [2.45, 2.75) is 32.7 Å². The summed E-state index contributed by atoms with van der Waals surface area (Å²) in [6, 6.07) is 0.343. The second-order valence-electron chi connectivity index (χ2n) is 4.95. The van der Waals surface area contributed by atoms with Gasteiger partial charge in [-0.3, -0.25) is 4.68 Å². The second kappa shape index (κ2) is 5.08. The highest BCUT2D eigenvalue weighted by Crippen LogP contribution is 2.44. The lowest BCUT2D eigenvalue weighted by Crippen LogP contribution is -2.30. The van der Waals surface area contributed by atoms with Crippen LogP contribution in [0.3, 0.4) is 0 Å². The number of ether oxygens (including phenoxy) is 1. The fourth-order valence-electron chi connectivity index (χ4n) is 2.58. The van der Waals surface area contributed by atoms with E-state index < -0.39 is 0 Å². The maximum Gasteiger partial charge on any atom is 0.161 e. The fourth-order valence-corrected chi connectivity index (χ4v) is 2.58. The molecule has 4 nitrogen and oxygen atoms in total. The highest BCUT2D eigenvalue weighted by atomic mass is 16.5. The summed E-state index contributed by atoms with van der Waals surface area (Å²) in [6.45, 7) is 5.45. The molecule has 2 atom stereocenters. The smallest absolute Gasteiger partial charge is 0.161 e. The molecule has 96 valence electrons. The number of hydrogen-bond donors (Lipinski definition) is 1. The average molecular weight is 237 g/mol. The largest absolute Gasteiger partial charge is 0.493 e. The SMILES string of the molecule is CCNC(c1c(OC)cnn1C)C(C)C1CC1. The normalized spacial score (nSPS) is 19.1. The molecule has 0 radical (unpaired) electrons. The van der Waals surface area contributed by atoms with Crippen LogP contribution in [0.2, 0.25) is 0 Å². The van der Waals surface area contributed by atoms with Crippen molar-refractivity contribution in [2.24, 2.45) is 18.9 Å². The monoisotopic (exact) mass is 237 g/mol. The van der Waals surface area contributed by atoms with Gasteiger partial charge < -0.3 is 10.1 Å². The highest BCUT2D eigenvalue weighted by Gasteiger charge is 2.36. The number of aryl methyl sites for hydroxylation is 1. The number of methoxy groups -OCH3 is 1. The van der Waals surface area contributed by atoms with E-state index in [0.717, 1.165) is 18.2 Å². The van der Waals surface area contributed by atoms with Crippen molar-refractivity contribution in [3.63, 3.8) is 0 Å². The molecule has 1 aromatic heterocycles. The van der Waals surface area contributed by atoms with Gasteiger partial charge in [-0.25, -0.2) is 0 Å². The highest BCUT2D eigenvalue weighted by molar-refractivity contribution is 5.29. The van der Waals surface area contributed by atoms with Crippen LogP contribution in [0, 0.1) is 11.8 Å².